The highest BCUT2D eigenvalue weighted by atomic mass is 16.5. The molecule has 0 fully saturated rings. The molecule has 1 aromatic heterocycles. The van der Waals surface area contributed by atoms with E-state index in [4.69, 9.17) is 10.5 Å². The second-order valence-corrected chi connectivity index (χ2v) is 5.36. The highest BCUT2D eigenvalue weighted by molar-refractivity contribution is 5.38. The van der Waals surface area contributed by atoms with Gasteiger partial charge >= 0.3 is 0 Å². The Labute approximate surface area is 125 Å². The van der Waals surface area contributed by atoms with E-state index in [1.165, 1.54) is 5.56 Å². The first-order valence-electron chi connectivity index (χ1n) is 7.40. The SMILES string of the molecule is CCN(Cc1ccncc1)C1COc2ccccc2C1N. The second-order valence-electron chi connectivity index (χ2n) is 5.36. The van der Waals surface area contributed by atoms with Crippen LogP contribution in [-0.2, 0) is 6.54 Å². The largest absolute Gasteiger partial charge is 0.492 e. The van der Waals surface area contributed by atoms with Crippen molar-refractivity contribution in [3.8, 4) is 5.75 Å². The van der Waals surface area contributed by atoms with Crippen molar-refractivity contribution in [1.82, 2.24) is 9.88 Å². The molecule has 4 heteroatoms. The molecule has 21 heavy (non-hydrogen) atoms. The molecule has 2 heterocycles. The molecular weight excluding hydrogens is 262 g/mol. The van der Waals surface area contributed by atoms with Crippen LogP contribution in [0.25, 0.3) is 0 Å². The molecule has 0 saturated heterocycles. The normalized spacial score (nSPS) is 20.9. The molecule has 0 bridgehead atoms. The van der Waals surface area contributed by atoms with Crippen molar-refractivity contribution >= 4 is 0 Å². The Morgan fingerprint density at radius 1 is 1.24 bits per heavy atom. The third-order valence-corrected chi connectivity index (χ3v) is 4.11. The van der Waals surface area contributed by atoms with Gasteiger partial charge in [0.15, 0.2) is 0 Å². The fourth-order valence-corrected chi connectivity index (χ4v) is 2.89. The summed E-state index contributed by atoms with van der Waals surface area (Å²) in [7, 11) is 0. The number of para-hydroxylation sites is 1. The van der Waals surface area contributed by atoms with Crippen LogP contribution in [0.15, 0.2) is 48.8 Å². The minimum Gasteiger partial charge on any atom is -0.492 e. The average molecular weight is 283 g/mol. The Kier molecular flexibility index (Phi) is 4.18. The number of aromatic nitrogens is 1. The number of benzene rings is 1. The summed E-state index contributed by atoms with van der Waals surface area (Å²) in [5.74, 6) is 0.918. The van der Waals surface area contributed by atoms with E-state index in [0.29, 0.717) is 6.61 Å². The lowest BCUT2D eigenvalue weighted by Gasteiger charge is -2.38. The number of hydrogen-bond acceptors (Lipinski definition) is 4. The van der Waals surface area contributed by atoms with Gasteiger partial charge in [0, 0.05) is 24.5 Å². The topological polar surface area (TPSA) is 51.4 Å². The van der Waals surface area contributed by atoms with Gasteiger partial charge in [0.25, 0.3) is 0 Å². The molecule has 0 aliphatic carbocycles. The standard InChI is InChI=1S/C17H21N3O/c1-2-20(11-13-7-9-19-10-8-13)15-12-21-16-6-4-3-5-14(16)17(15)18/h3-10,15,17H,2,11-12,18H2,1H3. The smallest absolute Gasteiger partial charge is 0.124 e. The average Bonchev–Trinajstić information content (AvgIpc) is 2.55. The Balaban J connectivity index is 1.79. The van der Waals surface area contributed by atoms with E-state index in [-0.39, 0.29) is 12.1 Å². The fourth-order valence-electron chi connectivity index (χ4n) is 2.89. The molecule has 1 aliphatic heterocycles. The van der Waals surface area contributed by atoms with Crippen molar-refractivity contribution in [3.63, 3.8) is 0 Å². The fraction of sp³-hybridized carbons (Fsp3) is 0.353. The number of hydrogen-bond donors (Lipinski definition) is 1. The van der Waals surface area contributed by atoms with Crippen LogP contribution in [0.4, 0.5) is 0 Å². The summed E-state index contributed by atoms with van der Waals surface area (Å²) in [4.78, 5) is 6.44. The Morgan fingerprint density at radius 3 is 2.76 bits per heavy atom. The zero-order valence-corrected chi connectivity index (χ0v) is 12.3. The Morgan fingerprint density at radius 2 is 2.00 bits per heavy atom. The molecule has 2 unspecified atom stereocenters. The molecular formula is C17H21N3O. The minimum absolute atomic E-state index is 0.0169. The number of nitrogens with zero attached hydrogens (tertiary/aromatic N) is 2. The molecule has 1 aromatic carbocycles. The van der Waals surface area contributed by atoms with Gasteiger partial charge in [-0.15, -0.1) is 0 Å². The van der Waals surface area contributed by atoms with Gasteiger partial charge in [-0.3, -0.25) is 9.88 Å². The third kappa shape index (κ3) is 2.91. The predicted molar refractivity (Wildman–Crippen MR) is 83.0 cm³/mol. The van der Waals surface area contributed by atoms with E-state index in [2.05, 4.69) is 22.9 Å². The number of likely N-dealkylation sites (N-methyl/N-ethyl adjacent to an activating group) is 1. The first-order valence-corrected chi connectivity index (χ1v) is 7.40. The molecule has 0 spiro atoms. The van der Waals surface area contributed by atoms with Crippen LogP contribution in [-0.4, -0.2) is 29.1 Å². The van der Waals surface area contributed by atoms with Gasteiger partial charge in [0.1, 0.15) is 12.4 Å². The van der Waals surface area contributed by atoms with Crippen LogP contribution < -0.4 is 10.5 Å². The molecule has 4 nitrogen and oxygen atoms in total. The van der Waals surface area contributed by atoms with Crippen LogP contribution in [0, 0.1) is 0 Å². The lowest BCUT2D eigenvalue weighted by molar-refractivity contribution is 0.0961. The first-order chi connectivity index (χ1) is 10.3. The molecule has 0 radical (unpaired) electrons. The van der Waals surface area contributed by atoms with E-state index in [0.717, 1.165) is 24.4 Å². The quantitative estimate of drug-likeness (QED) is 0.936. The molecule has 3 rings (SSSR count). The highest BCUT2D eigenvalue weighted by Crippen LogP contribution is 2.32. The molecule has 1 aliphatic rings. The summed E-state index contributed by atoms with van der Waals surface area (Å²) >= 11 is 0. The van der Waals surface area contributed by atoms with Gasteiger partial charge in [-0.2, -0.15) is 0 Å². The van der Waals surface area contributed by atoms with Crippen molar-refractivity contribution in [2.45, 2.75) is 25.6 Å². The number of ether oxygens (including phenoxy) is 1. The van der Waals surface area contributed by atoms with Crippen molar-refractivity contribution in [2.24, 2.45) is 5.73 Å². The highest BCUT2D eigenvalue weighted by Gasteiger charge is 2.31. The van der Waals surface area contributed by atoms with E-state index in [1.807, 2.05) is 42.7 Å². The maximum Gasteiger partial charge on any atom is 0.124 e. The van der Waals surface area contributed by atoms with Crippen LogP contribution in [0.1, 0.15) is 24.1 Å². The van der Waals surface area contributed by atoms with Gasteiger partial charge in [0.2, 0.25) is 0 Å². The summed E-state index contributed by atoms with van der Waals surface area (Å²) in [6, 6.07) is 12.3. The predicted octanol–water partition coefficient (Wildman–Crippen LogP) is 2.36. The molecule has 2 aromatic rings. The summed E-state index contributed by atoms with van der Waals surface area (Å²) < 4.78 is 5.89. The first kappa shape index (κ1) is 14.0. The van der Waals surface area contributed by atoms with E-state index >= 15 is 0 Å². The van der Waals surface area contributed by atoms with Gasteiger partial charge in [-0.05, 0) is 30.3 Å². The molecule has 0 amide bonds. The minimum atomic E-state index is -0.0169. The second kappa shape index (κ2) is 6.24. The van der Waals surface area contributed by atoms with Gasteiger partial charge in [0.05, 0.1) is 12.1 Å². The van der Waals surface area contributed by atoms with Crippen molar-refractivity contribution in [3.05, 3.63) is 59.9 Å². The van der Waals surface area contributed by atoms with Gasteiger partial charge in [-0.1, -0.05) is 25.1 Å². The lowest BCUT2D eigenvalue weighted by Crippen LogP contribution is -2.48. The Bertz CT molecular complexity index is 588. The summed E-state index contributed by atoms with van der Waals surface area (Å²) in [6.07, 6.45) is 3.66. The molecule has 110 valence electrons. The van der Waals surface area contributed by atoms with Crippen molar-refractivity contribution < 1.29 is 4.74 Å². The zero-order valence-electron chi connectivity index (χ0n) is 12.3. The summed E-state index contributed by atoms with van der Waals surface area (Å²) in [5.41, 5.74) is 8.83. The molecule has 2 atom stereocenters. The van der Waals surface area contributed by atoms with Crippen LogP contribution in [0.5, 0.6) is 5.75 Å². The van der Waals surface area contributed by atoms with Crippen LogP contribution >= 0.6 is 0 Å². The number of pyridine rings is 1. The molecule has 2 N–H and O–H groups in total. The summed E-state index contributed by atoms with van der Waals surface area (Å²) in [6.45, 7) is 4.60. The van der Waals surface area contributed by atoms with Crippen molar-refractivity contribution in [1.29, 1.82) is 0 Å². The monoisotopic (exact) mass is 283 g/mol. The van der Waals surface area contributed by atoms with E-state index in [9.17, 15) is 0 Å². The maximum atomic E-state index is 6.49. The molecule has 0 saturated carbocycles. The van der Waals surface area contributed by atoms with E-state index < -0.39 is 0 Å². The van der Waals surface area contributed by atoms with Crippen LogP contribution in [0.2, 0.25) is 0 Å². The maximum absolute atomic E-state index is 6.49. The number of fused-ring (bicyclic) bond motifs is 1. The Hall–Kier alpha value is -1.91. The number of rotatable bonds is 4. The zero-order chi connectivity index (χ0) is 14.7. The van der Waals surface area contributed by atoms with Crippen molar-refractivity contribution in [2.75, 3.05) is 13.2 Å². The van der Waals surface area contributed by atoms with Gasteiger partial charge in [-0.25, -0.2) is 0 Å². The van der Waals surface area contributed by atoms with Crippen LogP contribution in [0.3, 0.4) is 0 Å². The summed E-state index contributed by atoms with van der Waals surface area (Å²) in [5, 5.41) is 0. The third-order valence-electron chi connectivity index (χ3n) is 4.11. The lowest BCUT2D eigenvalue weighted by atomic mass is 9.95. The van der Waals surface area contributed by atoms with Gasteiger partial charge < -0.3 is 10.5 Å². The van der Waals surface area contributed by atoms with E-state index in [1.54, 1.807) is 0 Å². The number of nitrogens with two attached hydrogens (primary N) is 1.